The molecule has 23 heavy (non-hydrogen) atoms. The van der Waals surface area contributed by atoms with E-state index >= 15 is 0 Å². The van der Waals surface area contributed by atoms with Crippen LogP contribution in [0.2, 0.25) is 0 Å². The monoisotopic (exact) mass is 381 g/mol. The van der Waals surface area contributed by atoms with Gasteiger partial charge >= 0.3 is 0 Å². The summed E-state index contributed by atoms with van der Waals surface area (Å²) in [5.74, 6) is 1.06. The van der Waals surface area contributed by atoms with Gasteiger partial charge < -0.3 is 10.1 Å². The van der Waals surface area contributed by atoms with Crippen LogP contribution in [0, 0.1) is 5.92 Å². The Morgan fingerprint density at radius 2 is 2.00 bits per heavy atom. The zero-order valence-corrected chi connectivity index (χ0v) is 16.0. The Labute approximate surface area is 148 Å². The number of amides is 1. The zero-order chi connectivity index (χ0) is 16.9. The summed E-state index contributed by atoms with van der Waals surface area (Å²) in [5, 5.41) is 3.08. The minimum atomic E-state index is 0.0450. The van der Waals surface area contributed by atoms with Gasteiger partial charge in [-0.2, -0.15) is 0 Å². The van der Waals surface area contributed by atoms with E-state index in [1.807, 2.05) is 19.1 Å². The second-order valence-electron chi connectivity index (χ2n) is 6.98. The van der Waals surface area contributed by atoms with Gasteiger partial charge in [0.25, 0.3) is 0 Å². The van der Waals surface area contributed by atoms with Gasteiger partial charge in [0.1, 0.15) is 5.75 Å². The van der Waals surface area contributed by atoms with Gasteiger partial charge in [-0.05, 0) is 57.7 Å². The standard InChI is InChI=1S/C19H28BrNO2/c1-4-23-17-12-14(13-19(2,3)20)10-11-16(17)21-18(22)15-8-6-5-7-9-15/h10-12,15H,4-9,13H2,1-3H3,(H,21,22). The quantitative estimate of drug-likeness (QED) is 0.677. The molecule has 1 aromatic rings. The van der Waals surface area contributed by atoms with Crippen molar-refractivity contribution in [2.45, 2.75) is 63.6 Å². The Morgan fingerprint density at radius 3 is 2.61 bits per heavy atom. The number of rotatable bonds is 6. The number of alkyl halides is 1. The first-order chi connectivity index (χ1) is 10.9. The zero-order valence-electron chi connectivity index (χ0n) is 14.5. The van der Waals surface area contributed by atoms with Gasteiger partial charge in [0.05, 0.1) is 12.3 Å². The maximum Gasteiger partial charge on any atom is 0.227 e. The summed E-state index contributed by atoms with van der Waals surface area (Å²) in [6, 6.07) is 6.09. The van der Waals surface area contributed by atoms with Gasteiger partial charge in [0, 0.05) is 10.2 Å². The minimum absolute atomic E-state index is 0.0450. The van der Waals surface area contributed by atoms with Crippen molar-refractivity contribution in [3.05, 3.63) is 23.8 Å². The molecule has 128 valence electrons. The fraction of sp³-hybridized carbons (Fsp3) is 0.632. The van der Waals surface area contributed by atoms with Crippen molar-refractivity contribution in [1.29, 1.82) is 0 Å². The van der Waals surface area contributed by atoms with Crippen molar-refractivity contribution >= 4 is 27.5 Å². The lowest BCUT2D eigenvalue weighted by molar-refractivity contribution is -0.120. The lowest BCUT2D eigenvalue weighted by atomic mass is 9.88. The van der Waals surface area contributed by atoms with E-state index in [2.05, 4.69) is 41.2 Å². The van der Waals surface area contributed by atoms with Crippen molar-refractivity contribution in [1.82, 2.24) is 0 Å². The normalized spacial score (nSPS) is 16.2. The maximum atomic E-state index is 12.5. The molecule has 0 saturated heterocycles. The van der Waals surface area contributed by atoms with Gasteiger partial charge in [-0.1, -0.05) is 41.3 Å². The molecule has 0 bridgehead atoms. The van der Waals surface area contributed by atoms with E-state index < -0.39 is 0 Å². The molecule has 0 heterocycles. The molecule has 4 heteroatoms. The van der Waals surface area contributed by atoms with Crippen molar-refractivity contribution in [3.8, 4) is 5.75 Å². The van der Waals surface area contributed by atoms with E-state index in [4.69, 9.17) is 4.74 Å². The van der Waals surface area contributed by atoms with Gasteiger partial charge in [-0.15, -0.1) is 0 Å². The van der Waals surface area contributed by atoms with Gasteiger partial charge in [-0.25, -0.2) is 0 Å². The fourth-order valence-corrected chi connectivity index (χ4v) is 3.46. The van der Waals surface area contributed by atoms with Crippen LogP contribution in [-0.4, -0.2) is 16.8 Å². The minimum Gasteiger partial charge on any atom is -0.492 e. The second-order valence-corrected chi connectivity index (χ2v) is 9.13. The highest BCUT2D eigenvalue weighted by atomic mass is 79.9. The molecule has 3 nitrogen and oxygen atoms in total. The highest BCUT2D eigenvalue weighted by Crippen LogP contribution is 2.31. The predicted molar refractivity (Wildman–Crippen MR) is 99.5 cm³/mol. The van der Waals surface area contributed by atoms with Crippen molar-refractivity contribution in [2.24, 2.45) is 5.92 Å². The van der Waals surface area contributed by atoms with Crippen LogP contribution in [0.15, 0.2) is 18.2 Å². The molecule has 0 aromatic heterocycles. The first-order valence-corrected chi connectivity index (χ1v) is 9.44. The van der Waals surface area contributed by atoms with E-state index in [-0.39, 0.29) is 16.1 Å². The number of halogens is 1. The molecule has 1 aliphatic rings. The third-order valence-corrected chi connectivity index (χ3v) is 4.48. The van der Waals surface area contributed by atoms with Crippen LogP contribution < -0.4 is 10.1 Å². The van der Waals surface area contributed by atoms with Crippen LogP contribution in [0.1, 0.15) is 58.4 Å². The fourth-order valence-electron chi connectivity index (χ4n) is 3.14. The SMILES string of the molecule is CCOc1cc(CC(C)(C)Br)ccc1NC(=O)C1CCCCC1. The Bertz CT molecular complexity index is 531. The van der Waals surface area contributed by atoms with Crippen molar-refractivity contribution < 1.29 is 9.53 Å². The van der Waals surface area contributed by atoms with Crippen molar-refractivity contribution in [3.63, 3.8) is 0 Å². The van der Waals surface area contributed by atoms with E-state index in [0.717, 1.165) is 43.5 Å². The first kappa shape index (κ1) is 18.3. The lowest BCUT2D eigenvalue weighted by Crippen LogP contribution is -2.25. The molecule has 0 unspecified atom stereocenters. The smallest absolute Gasteiger partial charge is 0.227 e. The first-order valence-electron chi connectivity index (χ1n) is 8.64. The summed E-state index contributed by atoms with van der Waals surface area (Å²) >= 11 is 3.68. The number of hydrogen-bond acceptors (Lipinski definition) is 2. The van der Waals surface area contributed by atoms with E-state index in [9.17, 15) is 4.79 Å². The number of ether oxygens (including phenoxy) is 1. The third kappa shape index (κ3) is 5.83. The molecule has 1 fully saturated rings. The Balaban J connectivity index is 2.11. The predicted octanol–water partition coefficient (Wildman–Crippen LogP) is 5.32. The summed E-state index contributed by atoms with van der Waals surface area (Å²) < 4.78 is 5.80. The summed E-state index contributed by atoms with van der Waals surface area (Å²) in [4.78, 5) is 12.5. The van der Waals surface area contributed by atoms with E-state index in [1.165, 1.54) is 12.0 Å². The number of carbonyl (C=O) groups excluding carboxylic acids is 1. The topological polar surface area (TPSA) is 38.3 Å². The number of carbonyl (C=O) groups is 1. The number of nitrogens with one attached hydrogen (secondary N) is 1. The highest BCUT2D eigenvalue weighted by molar-refractivity contribution is 9.10. The summed E-state index contributed by atoms with van der Waals surface area (Å²) in [6.07, 6.45) is 6.50. The maximum absolute atomic E-state index is 12.5. The average molecular weight is 382 g/mol. The van der Waals surface area contributed by atoms with Crippen LogP contribution in [0.4, 0.5) is 5.69 Å². The Morgan fingerprint density at radius 1 is 1.30 bits per heavy atom. The molecule has 0 spiro atoms. The van der Waals surface area contributed by atoms with Crippen LogP contribution in [0.25, 0.3) is 0 Å². The van der Waals surface area contributed by atoms with Crippen LogP contribution in [-0.2, 0) is 11.2 Å². The van der Waals surface area contributed by atoms with E-state index in [0.29, 0.717) is 6.61 Å². The third-order valence-electron chi connectivity index (χ3n) is 4.20. The van der Waals surface area contributed by atoms with Crippen LogP contribution >= 0.6 is 15.9 Å². The molecule has 0 radical (unpaired) electrons. The van der Waals surface area contributed by atoms with Gasteiger partial charge in [0.2, 0.25) is 5.91 Å². The summed E-state index contributed by atoms with van der Waals surface area (Å²) in [6.45, 7) is 6.85. The molecule has 2 rings (SSSR count). The molecular formula is C19H28BrNO2. The van der Waals surface area contributed by atoms with Gasteiger partial charge in [0.15, 0.2) is 0 Å². The molecule has 1 aromatic carbocycles. The highest BCUT2D eigenvalue weighted by Gasteiger charge is 2.22. The Kier molecular flexibility index (Phi) is 6.51. The van der Waals surface area contributed by atoms with Crippen LogP contribution in [0.5, 0.6) is 5.75 Å². The molecule has 1 aliphatic carbocycles. The summed E-state index contributed by atoms with van der Waals surface area (Å²) in [7, 11) is 0. The molecule has 0 atom stereocenters. The van der Waals surface area contributed by atoms with Crippen molar-refractivity contribution in [2.75, 3.05) is 11.9 Å². The molecule has 1 amide bonds. The lowest BCUT2D eigenvalue weighted by Gasteiger charge is -2.22. The Hall–Kier alpha value is -1.03. The largest absolute Gasteiger partial charge is 0.492 e. The van der Waals surface area contributed by atoms with Crippen LogP contribution in [0.3, 0.4) is 0 Å². The second kappa shape index (κ2) is 8.18. The summed E-state index contributed by atoms with van der Waals surface area (Å²) in [5.41, 5.74) is 1.99. The molecule has 1 saturated carbocycles. The molecule has 0 aliphatic heterocycles. The number of hydrogen-bond donors (Lipinski definition) is 1. The van der Waals surface area contributed by atoms with E-state index in [1.54, 1.807) is 0 Å². The molecular weight excluding hydrogens is 354 g/mol. The average Bonchev–Trinajstić information content (AvgIpc) is 2.49. The number of benzene rings is 1. The van der Waals surface area contributed by atoms with Gasteiger partial charge in [-0.3, -0.25) is 4.79 Å². The number of anilines is 1. The molecule has 1 N–H and O–H groups in total.